The highest BCUT2D eigenvalue weighted by atomic mass is 127. The zero-order chi connectivity index (χ0) is 21.1. The number of benzene rings is 1. The Balaban J connectivity index is 0.00000450. The van der Waals surface area contributed by atoms with E-state index < -0.39 is 0 Å². The summed E-state index contributed by atoms with van der Waals surface area (Å²) in [6, 6.07) is 8.26. The lowest BCUT2D eigenvalue weighted by molar-refractivity contribution is -0.00834. The molecule has 0 bridgehead atoms. The highest BCUT2D eigenvalue weighted by Crippen LogP contribution is 2.15. The fourth-order valence-corrected chi connectivity index (χ4v) is 3.26. The first-order chi connectivity index (χ1) is 13.9. The molecule has 1 saturated heterocycles. The third-order valence-electron chi connectivity index (χ3n) is 5.18. The molecule has 0 saturated carbocycles. The number of halogens is 1. The lowest BCUT2D eigenvalue weighted by atomic mass is 10.0. The van der Waals surface area contributed by atoms with E-state index in [0.29, 0.717) is 0 Å². The second-order valence-corrected chi connectivity index (χ2v) is 8.34. The van der Waals surface area contributed by atoms with Crippen molar-refractivity contribution in [2.75, 3.05) is 67.1 Å². The fraction of sp³-hybridized carbons (Fsp3) is 0.682. The van der Waals surface area contributed by atoms with Gasteiger partial charge in [0.2, 0.25) is 0 Å². The predicted molar refractivity (Wildman–Crippen MR) is 135 cm³/mol. The van der Waals surface area contributed by atoms with Gasteiger partial charge in [-0.2, -0.15) is 0 Å². The van der Waals surface area contributed by atoms with Crippen molar-refractivity contribution in [1.29, 1.82) is 0 Å². The summed E-state index contributed by atoms with van der Waals surface area (Å²) in [5, 5.41) is 6.85. The van der Waals surface area contributed by atoms with Gasteiger partial charge in [-0.25, -0.2) is 0 Å². The molecule has 1 aromatic carbocycles. The summed E-state index contributed by atoms with van der Waals surface area (Å²) in [4.78, 5) is 8.99. The number of nitrogens with zero attached hydrogens (tertiary/aromatic N) is 3. The number of morpholine rings is 1. The number of aliphatic imine (C=N–C) groups is 1. The molecule has 172 valence electrons. The van der Waals surface area contributed by atoms with Gasteiger partial charge in [0.1, 0.15) is 5.75 Å². The Kier molecular flexibility index (Phi) is 12.6. The molecule has 8 heteroatoms. The van der Waals surface area contributed by atoms with Gasteiger partial charge in [0, 0.05) is 45.3 Å². The zero-order valence-corrected chi connectivity index (χ0v) is 21.6. The Labute approximate surface area is 199 Å². The number of hydrogen-bond acceptors (Lipinski definition) is 5. The Bertz CT molecular complexity index is 616. The molecule has 2 rings (SSSR count). The van der Waals surface area contributed by atoms with Crippen molar-refractivity contribution in [3.05, 3.63) is 29.8 Å². The van der Waals surface area contributed by atoms with E-state index in [4.69, 9.17) is 9.47 Å². The van der Waals surface area contributed by atoms with Crippen LogP contribution in [0.2, 0.25) is 0 Å². The smallest absolute Gasteiger partial charge is 0.191 e. The Morgan fingerprint density at radius 2 is 1.83 bits per heavy atom. The minimum atomic E-state index is 0. The Morgan fingerprint density at radius 1 is 1.17 bits per heavy atom. The van der Waals surface area contributed by atoms with Crippen molar-refractivity contribution in [2.45, 2.75) is 32.4 Å². The topological polar surface area (TPSA) is 61.4 Å². The minimum Gasteiger partial charge on any atom is -0.494 e. The molecule has 7 nitrogen and oxygen atoms in total. The summed E-state index contributed by atoms with van der Waals surface area (Å²) in [5.74, 6) is 1.73. The first kappa shape index (κ1) is 26.9. The highest BCUT2D eigenvalue weighted by Gasteiger charge is 2.28. The SMILES string of the molecule is CN=C(NCc1ccc(OCCCN(C)C)cc1)NCC(C)(C)N1CCOCC1.I. The summed E-state index contributed by atoms with van der Waals surface area (Å²) in [5.41, 5.74) is 1.24. The number of rotatable bonds is 10. The summed E-state index contributed by atoms with van der Waals surface area (Å²) >= 11 is 0. The average molecular weight is 533 g/mol. The molecule has 2 N–H and O–H groups in total. The molecule has 0 spiro atoms. The van der Waals surface area contributed by atoms with Crippen LogP contribution in [0.1, 0.15) is 25.8 Å². The molecule has 30 heavy (non-hydrogen) atoms. The fourth-order valence-electron chi connectivity index (χ4n) is 3.26. The van der Waals surface area contributed by atoms with E-state index in [-0.39, 0.29) is 29.5 Å². The van der Waals surface area contributed by atoms with E-state index in [1.165, 1.54) is 5.56 Å². The van der Waals surface area contributed by atoms with Crippen molar-refractivity contribution in [2.24, 2.45) is 4.99 Å². The Morgan fingerprint density at radius 3 is 2.43 bits per heavy atom. The molecule has 0 atom stereocenters. The number of guanidine groups is 1. The third kappa shape index (κ3) is 9.80. The van der Waals surface area contributed by atoms with E-state index in [0.717, 1.165) is 70.7 Å². The van der Waals surface area contributed by atoms with Crippen LogP contribution in [0.15, 0.2) is 29.3 Å². The minimum absolute atomic E-state index is 0. The van der Waals surface area contributed by atoms with E-state index >= 15 is 0 Å². The molecule has 0 unspecified atom stereocenters. The van der Waals surface area contributed by atoms with Crippen LogP contribution < -0.4 is 15.4 Å². The van der Waals surface area contributed by atoms with Gasteiger partial charge in [-0.15, -0.1) is 24.0 Å². The molecular formula is C22H40IN5O2. The van der Waals surface area contributed by atoms with Gasteiger partial charge in [-0.05, 0) is 52.1 Å². The van der Waals surface area contributed by atoms with Crippen molar-refractivity contribution < 1.29 is 9.47 Å². The van der Waals surface area contributed by atoms with Gasteiger partial charge in [0.25, 0.3) is 0 Å². The standard InChI is InChI=1S/C22H39N5O2.HI/c1-22(2,27-12-15-28-16-13-27)18-25-21(23-3)24-17-19-7-9-20(10-8-19)29-14-6-11-26(4)5;/h7-10H,6,11-18H2,1-5H3,(H2,23,24,25);1H. The highest BCUT2D eigenvalue weighted by molar-refractivity contribution is 14.0. The molecule has 0 aromatic heterocycles. The lowest BCUT2D eigenvalue weighted by Gasteiger charge is -2.41. The van der Waals surface area contributed by atoms with E-state index in [1.54, 1.807) is 0 Å². The van der Waals surface area contributed by atoms with Crippen LogP contribution in [-0.4, -0.2) is 88.4 Å². The molecule has 1 aliphatic rings. The monoisotopic (exact) mass is 533 g/mol. The maximum Gasteiger partial charge on any atom is 0.191 e. The Hall–Kier alpha value is -1.10. The first-order valence-corrected chi connectivity index (χ1v) is 10.5. The predicted octanol–water partition coefficient (Wildman–Crippen LogP) is 2.41. The van der Waals surface area contributed by atoms with E-state index in [1.807, 2.05) is 19.2 Å². The van der Waals surface area contributed by atoms with Gasteiger partial charge in [-0.3, -0.25) is 9.89 Å². The molecule has 1 fully saturated rings. The van der Waals surface area contributed by atoms with Gasteiger partial charge in [0.15, 0.2) is 5.96 Å². The molecule has 1 aliphatic heterocycles. The summed E-state index contributed by atoms with van der Waals surface area (Å²) in [6.07, 6.45) is 1.03. The maximum absolute atomic E-state index is 5.80. The maximum atomic E-state index is 5.80. The molecule has 1 aromatic rings. The summed E-state index contributed by atoms with van der Waals surface area (Å²) in [7, 11) is 5.96. The van der Waals surface area contributed by atoms with Crippen LogP contribution in [-0.2, 0) is 11.3 Å². The van der Waals surface area contributed by atoms with Gasteiger partial charge < -0.3 is 25.0 Å². The second-order valence-electron chi connectivity index (χ2n) is 8.34. The quantitative estimate of drug-likeness (QED) is 0.209. The average Bonchev–Trinajstić information content (AvgIpc) is 2.73. The molecule has 0 radical (unpaired) electrons. The number of hydrogen-bond donors (Lipinski definition) is 2. The van der Waals surface area contributed by atoms with E-state index in [2.05, 4.69) is 65.5 Å². The van der Waals surface area contributed by atoms with Gasteiger partial charge >= 0.3 is 0 Å². The third-order valence-corrected chi connectivity index (χ3v) is 5.18. The molecule has 0 amide bonds. The number of nitrogens with one attached hydrogen (secondary N) is 2. The zero-order valence-electron chi connectivity index (χ0n) is 19.2. The van der Waals surface area contributed by atoms with Gasteiger partial charge in [0.05, 0.1) is 19.8 Å². The lowest BCUT2D eigenvalue weighted by Crippen LogP contribution is -2.56. The van der Waals surface area contributed by atoms with Crippen molar-refractivity contribution in [3.8, 4) is 5.75 Å². The van der Waals surface area contributed by atoms with Crippen LogP contribution in [0, 0.1) is 0 Å². The van der Waals surface area contributed by atoms with Crippen molar-refractivity contribution >= 4 is 29.9 Å². The molecule has 1 heterocycles. The molecular weight excluding hydrogens is 493 g/mol. The largest absolute Gasteiger partial charge is 0.494 e. The van der Waals surface area contributed by atoms with Crippen molar-refractivity contribution in [1.82, 2.24) is 20.4 Å². The van der Waals surface area contributed by atoms with Crippen LogP contribution in [0.4, 0.5) is 0 Å². The summed E-state index contributed by atoms with van der Waals surface area (Å²) in [6.45, 7) is 11.4. The normalized spacial score (nSPS) is 15.6. The van der Waals surface area contributed by atoms with Crippen LogP contribution in [0.5, 0.6) is 5.75 Å². The first-order valence-electron chi connectivity index (χ1n) is 10.5. The van der Waals surface area contributed by atoms with Gasteiger partial charge in [-0.1, -0.05) is 12.1 Å². The second kappa shape index (κ2) is 14.1. The van der Waals surface area contributed by atoms with E-state index in [9.17, 15) is 0 Å². The molecule has 0 aliphatic carbocycles. The van der Waals surface area contributed by atoms with Crippen LogP contribution in [0.25, 0.3) is 0 Å². The van der Waals surface area contributed by atoms with Crippen LogP contribution in [0.3, 0.4) is 0 Å². The van der Waals surface area contributed by atoms with Crippen LogP contribution >= 0.6 is 24.0 Å². The van der Waals surface area contributed by atoms with Crippen molar-refractivity contribution in [3.63, 3.8) is 0 Å². The number of ether oxygens (including phenoxy) is 2. The summed E-state index contributed by atoms with van der Waals surface area (Å²) < 4.78 is 11.3.